The number of hydrogen-bond donors (Lipinski definition) is 1. The van der Waals surface area contributed by atoms with Crippen LogP contribution in [0.5, 0.6) is 0 Å². The van der Waals surface area contributed by atoms with Crippen molar-refractivity contribution in [2.75, 3.05) is 25.6 Å². The summed E-state index contributed by atoms with van der Waals surface area (Å²) in [5.41, 5.74) is 4.07. The standard InChI is InChI=1S/C8H7F4NO.C7H13NOS/c9-6-4(7(13)14)2-1-3-5(6)8(10,11)12;1-2-9-5-3-8-4-6-10-7-8/h1-3,5-6H,(H2,13,14);4,6H,2-3,5,7H2,1H3. The van der Waals surface area contributed by atoms with E-state index in [1.54, 1.807) is 0 Å². The van der Waals surface area contributed by atoms with Crippen molar-refractivity contribution in [3.05, 3.63) is 35.4 Å². The van der Waals surface area contributed by atoms with Gasteiger partial charge in [-0.15, -0.1) is 11.8 Å². The highest BCUT2D eigenvalue weighted by molar-refractivity contribution is 8.02. The molecular formula is C15H20F4N2O2S. The number of ether oxygens (including phenoxy) is 1. The van der Waals surface area contributed by atoms with E-state index in [4.69, 9.17) is 10.5 Å². The molecule has 2 aliphatic rings. The van der Waals surface area contributed by atoms with Crippen molar-refractivity contribution in [3.8, 4) is 0 Å². The summed E-state index contributed by atoms with van der Waals surface area (Å²) in [5.74, 6) is -2.36. The second-order valence-electron chi connectivity index (χ2n) is 4.93. The van der Waals surface area contributed by atoms with E-state index in [-0.39, 0.29) is 0 Å². The van der Waals surface area contributed by atoms with Crippen molar-refractivity contribution in [2.24, 2.45) is 11.7 Å². The number of primary amides is 1. The van der Waals surface area contributed by atoms with Crippen molar-refractivity contribution in [1.82, 2.24) is 4.90 Å². The second kappa shape index (κ2) is 9.73. The molecule has 0 aromatic rings. The SMILES string of the molecule is CCOCCN1C=CSC1.NC(=O)C1=CC=CC(C(F)(F)F)C1F. The van der Waals surface area contributed by atoms with Gasteiger partial charge in [-0.3, -0.25) is 4.79 Å². The van der Waals surface area contributed by atoms with Crippen molar-refractivity contribution in [3.63, 3.8) is 0 Å². The third-order valence-corrected chi connectivity index (χ3v) is 4.00. The first-order chi connectivity index (χ1) is 11.3. The van der Waals surface area contributed by atoms with Crippen LogP contribution >= 0.6 is 11.8 Å². The highest BCUT2D eigenvalue weighted by atomic mass is 32.2. The average molecular weight is 368 g/mol. The smallest absolute Gasteiger partial charge is 0.380 e. The van der Waals surface area contributed by atoms with E-state index in [1.807, 2.05) is 18.7 Å². The summed E-state index contributed by atoms with van der Waals surface area (Å²) in [6.07, 6.45) is -2.40. The zero-order valence-corrected chi connectivity index (χ0v) is 13.9. The van der Waals surface area contributed by atoms with Crippen LogP contribution in [-0.4, -0.2) is 48.8 Å². The van der Waals surface area contributed by atoms with Gasteiger partial charge in [-0.25, -0.2) is 4.39 Å². The Balaban J connectivity index is 0.000000254. The molecule has 2 atom stereocenters. The molecule has 0 fully saturated rings. The number of rotatable bonds is 5. The topological polar surface area (TPSA) is 55.6 Å². The maximum absolute atomic E-state index is 13.1. The van der Waals surface area contributed by atoms with Gasteiger partial charge >= 0.3 is 6.18 Å². The molecule has 0 spiro atoms. The second-order valence-corrected chi connectivity index (χ2v) is 5.79. The maximum Gasteiger partial charge on any atom is 0.398 e. The highest BCUT2D eigenvalue weighted by Crippen LogP contribution is 2.36. The Labute approximate surface area is 142 Å². The maximum atomic E-state index is 13.1. The molecule has 0 aromatic heterocycles. The minimum absolute atomic E-state index is 0.644. The van der Waals surface area contributed by atoms with Crippen LogP contribution in [0.25, 0.3) is 0 Å². The summed E-state index contributed by atoms with van der Waals surface area (Å²) in [5, 5.41) is 2.12. The summed E-state index contributed by atoms with van der Waals surface area (Å²) >= 11 is 1.83. The lowest BCUT2D eigenvalue weighted by atomic mass is 9.91. The fourth-order valence-corrected chi connectivity index (χ4v) is 2.68. The number of halogens is 4. The summed E-state index contributed by atoms with van der Waals surface area (Å²) in [6, 6.07) is 0. The fourth-order valence-electron chi connectivity index (χ4n) is 1.93. The largest absolute Gasteiger partial charge is 0.398 e. The van der Waals surface area contributed by atoms with Gasteiger partial charge in [-0.1, -0.05) is 18.2 Å². The van der Waals surface area contributed by atoms with Crippen LogP contribution in [0.15, 0.2) is 35.4 Å². The van der Waals surface area contributed by atoms with E-state index in [0.717, 1.165) is 37.8 Å². The molecule has 2 unspecified atom stereocenters. The van der Waals surface area contributed by atoms with Crippen molar-refractivity contribution in [1.29, 1.82) is 0 Å². The van der Waals surface area contributed by atoms with Gasteiger partial charge < -0.3 is 15.4 Å². The van der Waals surface area contributed by atoms with Crippen molar-refractivity contribution < 1.29 is 27.1 Å². The monoisotopic (exact) mass is 368 g/mol. The van der Waals surface area contributed by atoms with E-state index in [2.05, 4.69) is 16.5 Å². The molecule has 9 heteroatoms. The predicted molar refractivity (Wildman–Crippen MR) is 85.7 cm³/mol. The van der Waals surface area contributed by atoms with E-state index < -0.39 is 29.7 Å². The Kier molecular flexibility index (Phi) is 8.34. The van der Waals surface area contributed by atoms with Crippen molar-refractivity contribution >= 4 is 17.7 Å². The Bertz CT molecular complexity index is 506. The molecule has 4 nitrogen and oxygen atoms in total. The summed E-state index contributed by atoms with van der Waals surface area (Å²) in [7, 11) is 0. The first-order valence-corrected chi connectivity index (χ1v) is 8.31. The molecule has 0 radical (unpaired) electrons. The van der Waals surface area contributed by atoms with E-state index in [1.165, 1.54) is 0 Å². The first kappa shape index (κ1) is 20.6. The zero-order chi connectivity index (χ0) is 18.2. The lowest BCUT2D eigenvalue weighted by Gasteiger charge is -2.23. The average Bonchev–Trinajstić information content (AvgIpc) is 3.00. The predicted octanol–water partition coefficient (Wildman–Crippen LogP) is 2.98. The van der Waals surface area contributed by atoms with E-state index in [9.17, 15) is 22.4 Å². The first-order valence-electron chi connectivity index (χ1n) is 7.26. The molecule has 1 amide bonds. The molecule has 1 heterocycles. The van der Waals surface area contributed by atoms with Crippen LogP contribution in [0, 0.1) is 5.92 Å². The number of amides is 1. The van der Waals surface area contributed by atoms with E-state index in [0.29, 0.717) is 6.08 Å². The number of alkyl halides is 4. The van der Waals surface area contributed by atoms with Crippen molar-refractivity contribution in [2.45, 2.75) is 19.3 Å². The Hall–Kier alpha value is -1.48. The lowest BCUT2D eigenvalue weighted by Crippen LogP contribution is -2.36. The molecule has 2 N–H and O–H groups in total. The number of hydrogen-bond acceptors (Lipinski definition) is 4. The number of allylic oxidation sites excluding steroid dienone is 3. The van der Waals surface area contributed by atoms with Gasteiger partial charge in [0.15, 0.2) is 0 Å². The van der Waals surface area contributed by atoms with Crippen LogP contribution in [0.3, 0.4) is 0 Å². The minimum atomic E-state index is -4.70. The molecule has 136 valence electrons. The van der Waals surface area contributed by atoms with Gasteiger partial charge in [0.1, 0.15) is 12.1 Å². The summed E-state index contributed by atoms with van der Waals surface area (Å²) in [4.78, 5) is 12.8. The summed E-state index contributed by atoms with van der Waals surface area (Å²) < 4.78 is 54.8. The van der Waals surface area contributed by atoms with Gasteiger partial charge in [0, 0.05) is 19.4 Å². The lowest BCUT2D eigenvalue weighted by molar-refractivity contribution is -0.173. The number of nitrogens with two attached hydrogens (primary N) is 1. The molecule has 1 aliphatic carbocycles. The highest BCUT2D eigenvalue weighted by Gasteiger charge is 2.46. The van der Waals surface area contributed by atoms with Gasteiger partial charge in [-0.2, -0.15) is 13.2 Å². The molecule has 24 heavy (non-hydrogen) atoms. The Morgan fingerprint density at radius 3 is 2.71 bits per heavy atom. The molecule has 0 bridgehead atoms. The number of thioether (sulfide) groups is 1. The van der Waals surface area contributed by atoms with Crippen LogP contribution in [-0.2, 0) is 9.53 Å². The third-order valence-electron chi connectivity index (χ3n) is 3.20. The molecule has 0 saturated carbocycles. The van der Waals surface area contributed by atoms with E-state index >= 15 is 0 Å². The van der Waals surface area contributed by atoms with Crippen LogP contribution < -0.4 is 5.73 Å². The third kappa shape index (κ3) is 6.56. The number of carbonyl (C=O) groups is 1. The number of carbonyl (C=O) groups excluding carboxylic acids is 1. The van der Waals surface area contributed by atoms with Crippen LogP contribution in [0.2, 0.25) is 0 Å². The minimum Gasteiger partial charge on any atom is -0.380 e. The molecule has 0 aromatic carbocycles. The van der Waals surface area contributed by atoms with Gasteiger partial charge in [0.05, 0.1) is 18.1 Å². The zero-order valence-electron chi connectivity index (χ0n) is 13.1. The van der Waals surface area contributed by atoms with Gasteiger partial charge in [0.2, 0.25) is 5.91 Å². The quantitative estimate of drug-likeness (QED) is 0.599. The van der Waals surface area contributed by atoms with Gasteiger partial charge in [-0.05, 0) is 12.3 Å². The van der Waals surface area contributed by atoms with Gasteiger partial charge in [0.25, 0.3) is 0 Å². The molecule has 2 rings (SSSR count). The fraction of sp³-hybridized carbons (Fsp3) is 0.533. The molecular weight excluding hydrogens is 348 g/mol. The normalized spacial score (nSPS) is 22.9. The molecule has 1 aliphatic heterocycles. The summed E-state index contributed by atoms with van der Waals surface area (Å²) in [6.45, 7) is 4.72. The van der Waals surface area contributed by atoms with Crippen LogP contribution in [0.1, 0.15) is 6.92 Å². The number of nitrogens with zero attached hydrogens (tertiary/aromatic N) is 1. The molecule has 0 saturated heterocycles. The van der Waals surface area contributed by atoms with Crippen LogP contribution in [0.4, 0.5) is 17.6 Å². The Morgan fingerprint density at radius 2 is 2.21 bits per heavy atom. The Morgan fingerprint density at radius 1 is 1.50 bits per heavy atom.